The number of nitrogens with one attached hydrogen (secondary N) is 1. The molecule has 9 nitrogen and oxygen atoms in total. The van der Waals surface area contributed by atoms with E-state index >= 15 is 0 Å². The maximum atomic E-state index is 12.9. The van der Waals surface area contributed by atoms with E-state index in [4.69, 9.17) is 14.8 Å². The summed E-state index contributed by atoms with van der Waals surface area (Å²) in [6.45, 7) is 3.98. The quantitative estimate of drug-likeness (QED) is 0.0230. The Balaban J connectivity index is 4.25. The number of amides is 1. The summed E-state index contributed by atoms with van der Waals surface area (Å²) in [6, 6.07) is -1.00. The van der Waals surface area contributed by atoms with Crippen molar-refractivity contribution in [2.24, 2.45) is 5.73 Å². The van der Waals surface area contributed by atoms with Gasteiger partial charge in [-0.1, -0.05) is 217 Å². The lowest BCUT2D eigenvalue weighted by molar-refractivity contribution is -0.124. The van der Waals surface area contributed by atoms with Gasteiger partial charge in [-0.3, -0.25) is 13.8 Å². The Morgan fingerprint density at radius 3 is 1.36 bits per heavy atom. The maximum Gasteiger partial charge on any atom is 0.472 e. The fourth-order valence-electron chi connectivity index (χ4n) is 7.60. The van der Waals surface area contributed by atoms with Gasteiger partial charge in [0.15, 0.2) is 0 Å². The second-order valence-corrected chi connectivity index (χ2v) is 19.0. The van der Waals surface area contributed by atoms with Crippen LogP contribution in [0.15, 0.2) is 36.5 Å². The normalized spacial score (nSPS) is 14.7. The van der Waals surface area contributed by atoms with E-state index in [1.807, 2.05) is 6.08 Å². The molecule has 6 N–H and O–H groups in total. The molecule has 0 radical (unpaired) electrons. The zero-order valence-electron chi connectivity index (χ0n) is 39.8. The van der Waals surface area contributed by atoms with Crippen molar-refractivity contribution in [2.45, 2.75) is 263 Å². The minimum Gasteiger partial charge on any atom is -0.393 e. The molecule has 0 aromatic heterocycles. The van der Waals surface area contributed by atoms with E-state index < -0.39 is 38.6 Å². The van der Waals surface area contributed by atoms with Crippen LogP contribution in [0.1, 0.15) is 245 Å². The third-order valence-electron chi connectivity index (χ3n) is 11.5. The van der Waals surface area contributed by atoms with E-state index in [2.05, 4.69) is 43.5 Å². The van der Waals surface area contributed by atoms with Crippen LogP contribution in [0.4, 0.5) is 0 Å². The molecular formula is C51H99N2O7P. The number of phosphoric ester groups is 1. The molecule has 61 heavy (non-hydrogen) atoms. The first-order valence-corrected chi connectivity index (χ1v) is 27.2. The van der Waals surface area contributed by atoms with Crippen molar-refractivity contribution >= 4 is 13.7 Å². The van der Waals surface area contributed by atoms with Crippen LogP contribution in [0.3, 0.4) is 0 Å². The van der Waals surface area contributed by atoms with Gasteiger partial charge in [0.1, 0.15) is 0 Å². The Morgan fingerprint density at radius 2 is 0.934 bits per heavy atom. The zero-order chi connectivity index (χ0) is 44.8. The summed E-state index contributed by atoms with van der Waals surface area (Å²) in [6.07, 6.45) is 53.8. The van der Waals surface area contributed by atoms with Crippen LogP contribution in [0.2, 0.25) is 0 Å². The Kier molecular flexibility index (Phi) is 45.7. The molecule has 0 fully saturated rings. The second kappa shape index (κ2) is 46.7. The number of phosphoric acid groups is 1. The largest absolute Gasteiger partial charge is 0.472 e. The summed E-state index contributed by atoms with van der Waals surface area (Å²) in [4.78, 5) is 22.9. The molecule has 4 atom stereocenters. The number of allylic oxidation sites excluding steroid dienone is 5. The lowest BCUT2D eigenvalue weighted by Crippen LogP contribution is -2.46. The molecule has 0 spiro atoms. The van der Waals surface area contributed by atoms with Gasteiger partial charge < -0.3 is 26.2 Å². The highest BCUT2D eigenvalue weighted by Crippen LogP contribution is 2.43. The Labute approximate surface area is 376 Å². The first-order valence-electron chi connectivity index (χ1n) is 25.7. The van der Waals surface area contributed by atoms with Gasteiger partial charge in [0, 0.05) is 6.54 Å². The molecule has 0 saturated heterocycles. The molecule has 0 aliphatic carbocycles. The summed E-state index contributed by atoms with van der Waals surface area (Å²) in [5, 5.41) is 24.1. The number of unbranched alkanes of at least 4 members (excludes halogenated alkanes) is 30. The molecule has 1 amide bonds. The minimum absolute atomic E-state index is 0.0437. The van der Waals surface area contributed by atoms with Gasteiger partial charge in [-0.2, -0.15) is 0 Å². The van der Waals surface area contributed by atoms with Gasteiger partial charge in [0.25, 0.3) is 0 Å². The van der Waals surface area contributed by atoms with Crippen molar-refractivity contribution in [1.29, 1.82) is 0 Å². The first kappa shape index (κ1) is 59.7. The van der Waals surface area contributed by atoms with Crippen molar-refractivity contribution < 1.29 is 33.5 Å². The smallest absolute Gasteiger partial charge is 0.393 e. The molecule has 0 heterocycles. The predicted molar refractivity (Wildman–Crippen MR) is 260 cm³/mol. The van der Waals surface area contributed by atoms with Gasteiger partial charge >= 0.3 is 7.82 Å². The minimum atomic E-state index is -4.41. The van der Waals surface area contributed by atoms with Gasteiger partial charge in [-0.05, 0) is 57.8 Å². The number of hydrogen-bond acceptors (Lipinski definition) is 7. The Bertz CT molecular complexity index is 1070. The van der Waals surface area contributed by atoms with E-state index in [1.165, 1.54) is 167 Å². The summed E-state index contributed by atoms with van der Waals surface area (Å²) in [7, 11) is -4.41. The van der Waals surface area contributed by atoms with E-state index in [1.54, 1.807) is 6.08 Å². The van der Waals surface area contributed by atoms with Crippen molar-refractivity contribution in [3.63, 3.8) is 0 Å². The number of aliphatic hydroxyl groups excluding tert-OH is 2. The first-order chi connectivity index (χ1) is 29.8. The van der Waals surface area contributed by atoms with Gasteiger partial charge in [0.2, 0.25) is 5.91 Å². The third kappa shape index (κ3) is 45.1. The Morgan fingerprint density at radius 1 is 0.557 bits per heavy atom. The van der Waals surface area contributed by atoms with Crippen LogP contribution in [0.25, 0.3) is 0 Å². The average molecular weight is 883 g/mol. The van der Waals surface area contributed by atoms with Crippen molar-refractivity contribution in [3.8, 4) is 0 Å². The molecule has 0 aromatic rings. The van der Waals surface area contributed by atoms with E-state index in [0.29, 0.717) is 12.8 Å². The molecular weight excluding hydrogens is 784 g/mol. The van der Waals surface area contributed by atoms with Crippen LogP contribution in [-0.2, 0) is 18.4 Å². The number of carbonyl (C=O) groups excluding carboxylic acids is 1. The summed E-state index contributed by atoms with van der Waals surface area (Å²) >= 11 is 0. The summed E-state index contributed by atoms with van der Waals surface area (Å²) in [5.41, 5.74) is 5.38. The zero-order valence-corrected chi connectivity index (χ0v) is 40.7. The third-order valence-corrected chi connectivity index (χ3v) is 12.5. The summed E-state index contributed by atoms with van der Waals surface area (Å²) < 4.78 is 22.1. The standard InChI is InChI=1S/C51H99N2O7P/c1-3-5-7-9-11-13-15-17-19-21-23-25-26-28-30-32-34-36-38-40-42-48(54)46-51(56)53-49(47-60-61(57,58)59-45-44-52)50(55)43-41-39-37-35-33-31-29-27-24-22-20-18-16-14-12-10-8-6-4-2/h26,28,33,35,41,43,48-50,54-55H,3-25,27,29-32,34,36-40,42,44-47,52H2,1-2H3,(H,53,56)(H,57,58)/b28-26-,35-33+,43-41+. The molecule has 0 saturated carbocycles. The highest BCUT2D eigenvalue weighted by molar-refractivity contribution is 7.47. The van der Waals surface area contributed by atoms with E-state index in [0.717, 1.165) is 44.9 Å². The fraction of sp³-hybridized carbons (Fsp3) is 0.863. The van der Waals surface area contributed by atoms with Crippen LogP contribution in [0, 0.1) is 0 Å². The van der Waals surface area contributed by atoms with Crippen molar-refractivity contribution in [1.82, 2.24) is 5.32 Å². The lowest BCUT2D eigenvalue weighted by Gasteiger charge is -2.24. The van der Waals surface area contributed by atoms with Crippen LogP contribution >= 0.6 is 7.82 Å². The number of nitrogens with two attached hydrogens (primary N) is 1. The molecule has 0 rings (SSSR count). The van der Waals surface area contributed by atoms with Gasteiger partial charge in [-0.25, -0.2) is 4.57 Å². The molecule has 360 valence electrons. The molecule has 0 aliphatic heterocycles. The lowest BCUT2D eigenvalue weighted by atomic mass is 10.0. The highest BCUT2D eigenvalue weighted by atomic mass is 31.2. The highest BCUT2D eigenvalue weighted by Gasteiger charge is 2.27. The van der Waals surface area contributed by atoms with Crippen LogP contribution < -0.4 is 11.1 Å². The van der Waals surface area contributed by atoms with Gasteiger partial charge in [-0.15, -0.1) is 0 Å². The average Bonchev–Trinajstić information content (AvgIpc) is 3.24. The monoisotopic (exact) mass is 883 g/mol. The Hall–Kier alpha value is -1.32. The number of hydrogen-bond donors (Lipinski definition) is 5. The maximum absolute atomic E-state index is 12.9. The van der Waals surface area contributed by atoms with Crippen molar-refractivity contribution in [3.05, 3.63) is 36.5 Å². The molecule has 0 bridgehead atoms. The molecule has 4 unspecified atom stereocenters. The summed E-state index contributed by atoms with van der Waals surface area (Å²) in [5.74, 6) is -0.458. The SMILES string of the molecule is CCCCCCCCCCCCC/C=C\CCCCCCCC(O)CC(=O)NC(COP(=O)(O)OCCN)C(O)/C=C/CC/C=C/CCCCCCCCCCCCCCC. The predicted octanol–water partition coefficient (Wildman–Crippen LogP) is 14.0. The van der Waals surface area contributed by atoms with Crippen LogP contribution in [-0.4, -0.2) is 59.0 Å². The van der Waals surface area contributed by atoms with Gasteiger partial charge in [0.05, 0.1) is 37.9 Å². The van der Waals surface area contributed by atoms with E-state index in [-0.39, 0.29) is 19.6 Å². The molecule has 10 heteroatoms. The van der Waals surface area contributed by atoms with E-state index in [9.17, 15) is 24.5 Å². The molecule has 0 aromatic carbocycles. The topological polar surface area (TPSA) is 151 Å². The second-order valence-electron chi connectivity index (χ2n) is 17.6. The number of carbonyl (C=O) groups is 1. The number of aliphatic hydroxyl groups is 2. The fourth-order valence-corrected chi connectivity index (χ4v) is 8.36. The number of rotatable bonds is 48. The molecule has 0 aliphatic rings. The van der Waals surface area contributed by atoms with Crippen molar-refractivity contribution in [2.75, 3.05) is 19.8 Å². The van der Waals surface area contributed by atoms with Crippen LogP contribution in [0.5, 0.6) is 0 Å².